The molecule has 0 radical (unpaired) electrons. The number of amidine groups is 1. The highest BCUT2D eigenvalue weighted by molar-refractivity contribution is 7.07. The van der Waals surface area contributed by atoms with Gasteiger partial charge in [0.15, 0.2) is 5.84 Å². The van der Waals surface area contributed by atoms with Gasteiger partial charge in [-0.15, -0.1) is 0 Å². The highest BCUT2D eigenvalue weighted by Crippen LogP contribution is 2.05. The number of nitrogens with zero attached hydrogens (tertiary/aromatic N) is 1. The van der Waals surface area contributed by atoms with E-state index in [1.54, 1.807) is 11.3 Å². The second kappa shape index (κ2) is 5.62. The van der Waals surface area contributed by atoms with Crippen molar-refractivity contribution < 1.29 is 5.21 Å². The summed E-state index contributed by atoms with van der Waals surface area (Å²) in [5, 5.41) is 18.8. The van der Waals surface area contributed by atoms with E-state index in [1.807, 2.05) is 12.3 Å². The zero-order chi connectivity index (χ0) is 10.4. The second-order valence-electron chi connectivity index (χ2n) is 3.00. The van der Waals surface area contributed by atoms with Crippen LogP contribution in [0.3, 0.4) is 0 Å². The fourth-order valence-corrected chi connectivity index (χ4v) is 1.83. The molecule has 1 aromatic heterocycles. The summed E-state index contributed by atoms with van der Waals surface area (Å²) in [7, 11) is 0. The minimum Gasteiger partial charge on any atom is -0.409 e. The molecule has 1 rings (SSSR count). The Kier molecular flexibility index (Phi) is 4.42. The number of oxime groups is 1. The standard InChI is InChI=1S/C9H15N3OS/c1-2-8(9(10)12-13)11-5-7-3-4-14-6-7/h3-4,6,8,11,13H,2,5H2,1H3,(H2,10,12). The number of hydrogen-bond donors (Lipinski definition) is 3. The molecule has 14 heavy (non-hydrogen) atoms. The summed E-state index contributed by atoms with van der Waals surface area (Å²) >= 11 is 1.66. The van der Waals surface area contributed by atoms with Crippen molar-refractivity contribution >= 4 is 17.2 Å². The molecular formula is C9H15N3OS. The van der Waals surface area contributed by atoms with E-state index in [9.17, 15) is 0 Å². The quantitative estimate of drug-likeness (QED) is 0.299. The van der Waals surface area contributed by atoms with Gasteiger partial charge in [0.2, 0.25) is 0 Å². The average Bonchev–Trinajstić information content (AvgIpc) is 2.71. The lowest BCUT2D eigenvalue weighted by Gasteiger charge is -2.14. The van der Waals surface area contributed by atoms with Gasteiger partial charge in [0.25, 0.3) is 0 Å². The van der Waals surface area contributed by atoms with E-state index in [2.05, 4.69) is 21.9 Å². The van der Waals surface area contributed by atoms with Gasteiger partial charge in [-0.25, -0.2) is 0 Å². The highest BCUT2D eigenvalue weighted by Gasteiger charge is 2.10. The van der Waals surface area contributed by atoms with Crippen LogP contribution in [0.5, 0.6) is 0 Å². The molecule has 1 aromatic rings. The first-order valence-corrected chi connectivity index (χ1v) is 5.44. The molecule has 4 N–H and O–H groups in total. The lowest BCUT2D eigenvalue weighted by Crippen LogP contribution is -2.40. The third-order valence-corrected chi connectivity index (χ3v) is 2.75. The molecule has 5 heteroatoms. The zero-order valence-electron chi connectivity index (χ0n) is 8.10. The normalized spacial score (nSPS) is 14.2. The topological polar surface area (TPSA) is 70.6 Å². The van der Waals surface area contributed by atoms with Gasteiger partial charge in [0.1, 0.15) is 0 Å². The predicted octanol–water partition coefficient (Wildman–Crippen LogP) is 1.36. The largest absolute Gasteiger partial charge is 0.409 e. The Morgan fingerprint density at radius 1 is 1.79 bits per heavy atom. The lowest BCUT2D eigenvalue weighted by atomic mass is 10.2. The van der Waals surface area contributed by atoms with Gasteiger partial charge in [-0.2, -0.15) is 11.3 Å². The molecule has 1 atom stereocenters. The number of nitrogens with one attached hydrogen (secondary N) is 1. The van der Waals surface area contributed by atoms with Crippen LogP contribution in [0.15, 0.2) is 22.0 Å². The van der Waals surface area contributed by atoms with E-state index in [1.165, 1.54) is 5.56 Å². The van der Waals surface area contributed by atoms with E-state index in [0.717, 1.165) is 13.0 Å². The summed E-state index contributed by atoms with van der Waals surface area (Å²) in [4.78, 5) is 0. The van der Waals surface area contributed by atoms with E-state index in [-0.39, 0.29) is 11.9 Å². The monoisotopic (exact) mass is 213 g/mol. The van der Waals surface area contributed by atoms with Crippen molar-refractivity contribution in [2.75, 3.05) is 0 Å². The van der Waals surface area contributed by atoms with Gasteiger partial charge in [-0.3, -0.25) is 0 Å². The maximum atomic E-state index is 8.52. The van der Waals surface area contributed by atoms with E-state index in [4.69, 9.17) is 10.9 Å². The Labute approximate surface area is 87.4 Å². The molecule has 0 aliphatic heterocycles. The molecule has 0 spiro atoms. The number of rotatable bonds is 5. The Bertz CT molecular complexity index is 284. The summed E-state index contributed by atoms with van der Waals surface area (Å²) in [6.45, 7) is 2.74. The van der Waals surface area contributed by atoms with Crippen molar-refractivity contribution in [3.05, 3.63) is 22.4 Å². The summed E-state index contributed by atoms with van der Waals surface area (Å²) in [6.07, 6.45) is 0.806. The fourth-order valence-electron chi connectivity index (χ4n) is 1.16. The van der Waals surface area contributed by atoms with Gasteiger partial charge in [0, 0.05) is 6.54 Å². The van der Waals surface area contributed by atoms with Crippen molar-refractivity contribution in [1.29, 1.82) is 0 Å². The molecule has 78 valence electrons. The van der Waals surface area contributed by atoms with Crippen LogP contribution in [0.25, 0.3) is 0 Å². The van der Waals surface area contributed by atoms with E-state index < -0.39 is 0 Å². The molecule has 1 heterocycles. The van der Waals surface area contributed by atoms with Gasteiger partial charge in [0.05, 0.1) is 6.04 Å². The smallest absolute Gasteiger partial charge is 0.156 e. The van der Waals surface area contributed by atoms with E-state index in [0.29, 0.717) is 0 Å². The van der Waals surface area contributed by atoms with Crippen molar-refractivity contribution in [2.45, 2.75) is 25.9 Å². The Balaban J connectivity index is 2.42. The molecule has 0 amide bonds. The van der Waals surface area contributed by atoms with Crippen LogP contribution >= 0.6 is 11.3 Å². The minimum absolute atomic E-state index is 0.0556. The van der Waals surface area contributed by atoms with Crippen molar-refractivity contribution in [1.82, 2.24) is 5.32 Å². The van der Waals surface area contributed by atoms with E-state index >= 15 is 0 Å². The molecule has 0 bridgehead atoms. The molecule has 0 saturated carbocycles. The first kappa shape index (κ1) is 11.0. The van der Waals surface area contributed by atoms with Crippen LogP contribution in [0.1, 0.15) is 18.9 Å². The number of hydrogen-bond acceptors (Lipinski definition) is 4. The number of nitrogens with two attached hydrogens (primary N) is 1. The van der Waals surface area contributed by atoms with Crippen molar-refractivity contribution in [2.24, 2.45) is 10.9 Å². The molecule has 0 aliphatic rings. The first-order chi connectivity index (χ1) is 6.77. The average molecular weight is 213 g/mol. The van der Waals surface area contributed by atoms with Crippen molar-refractivity contribution in [3.8, 4) is 0 Å². The van der Waals surface area contributed by atoms with Gasteiger partial charge < -0.3 is 16.3 Å². The molecule has 0 aromatic carbocycles. The van der Waals surface area contributed by atoms with Crippen LogP contribution in [0.4, 0.5) is 0 Å². The molecule has 0 fully saturated rings. The molecule has 4 nitrogen and oxygen atoms in total. The van der Waals surface area contributed by atoms with Crippen LogP contribution in [0, 0.1) is 0 Å². The lowest BCUT2D eigenvalue weighted by molar-refractivity contribution is 0.314. The summed E-state index contributed by atoms with van der Waals surface area (Å²) < 4.78 is 0. The SMILES string of the molecule is CCC(NCc1ccsc1)C(N)=NO. The third-order valence-electron chi connectivity index (χ3n) is 2.01. The predicted molar refractivity (Wildman–Crippen MR) is 58.6 cm³/mol. The van der Waals surface area contributed by atoms with Gasteiger partial charge in [-0.05, 0) is 28.8 Å². The molecule has 1 unspecified atom stereocenters. The second-order valence-corrected chi connectivity index (χ2v) is 3.78. The Hall–Kier alpha value is -1.07. The highest BCUT2D eigenvalue weighted by atomic mass is 32.1. The molecule has 0 saturated heterocycles. The maximum Gasteiger partial charge on any atom is 0.156 e. The summed E-state index contributed by atoms with van der Waals surface area (Å²) in [6, 6.07) is 2.00. The Morgan fingerprint density at radius 2 is 2.57 bits per heavy atom. The first-order valence-electron chi connectivity index (χ1n) is 4.49. The maximum absolute atomic E-state index is 8.52. The van der Waals surface area contributed by atoms with Crippen LogP contribution < -0.4 is 11.1 Å². The van der Waals surface area contributed by atoms with Gasteiger partial charge >= 0.3 is 0 Å². The third kappa shape index (κ3) is 3.01. The Morgan fingerprint density at radius 3 is 3.07 bits per heavy atom. The zero-order valence-corrected chi connectivity index (χ0v) is 8.92. The molecule has 0 aliphatic carbocycles. The van der Waals surface area contributed by atoms with Crippen LogP contribution in [-0.2, 0) is 6.54 Å². The van der Waals surface area contributed by atoms with Crippen LogP contribution in [-0.4, -0.2) is 17.1 Å². The molecular weight excluding hydrogens is 198 g/mol. The number of thiophene rings is 1. The fraction of sp³-hybridized carbons (Fsp3) is 0.444. The van der Waals surface area contributed by atoms with Crippen LogP contribution in [0.2, 0.25) is 0 Å². The minimum atomic E-state index is -0.0556. The van der Waals surface area contributed by atoms with Crippen molar-refractivity contribution in [3.63, 3.8) is 0 Å². The summed E-state index contributed by atoms with van der Waals surface area (Å²) in [5.41, 5.74) is 6.73. The van der Waals surface area contributed by atoms with Gasteiger partial charge in [-0.1, -0.05) is 12.1 Å². The summed E-state index contributed by atoms with van der Waals surface area (Å²) in [5.74, 6) is 0.239.